The zero-order chi connectivity index (χ0) is 17.0. The predicted molar refractivity (Wildman–Crippen MR) is 80.3 cm³/mol. The van der Waals surface area contributed by atoms with E-state index in [1.54, 1.807) is 0 Å². The largest absolute Gasteiger partial charge is 0.366 e. The third-order valence-corrected chi connectivity index (χ3v) is 3.03. The number of carbonyl (C=O) groups excluding carboxylic acids is 2. The first-order chi connectivity index (χ1) is 10.9. The maximum Gasteiger partial charge on any atom is 0.269 e. The Morgan fingerprint density at radius 3 is 2.39 bits per heavy atom. The molecule has 2 aromatic rings. The lowest BCUT2D eigenvalue weighted by molar-refractivity contribution is -0.384. The number of primary amides is 1. The molecule has 2 rings (SSSR count). The van der Waals surface area contributed by atoms with Crippen LogP contribution in [0.4, 0.5) is 15.8 Å². The molecule has 0 radical (unpaired) electrons. The molecule has 0 atom stereocenters. The maximum atomic E-state index is 13.3. The van der Waals surface area contributed by atoms with Gasteiger partial charge in [0.2, 0.25) is 5.91 Å². The smallest absolute Gasteiger partial charge is 0.269 e. The van der Waals surface area contributed by atoms with Gasteiger partial charge < -0.3 is 11.1 Å². The summed E-state index contributed by atoms with van der Waals surface area (Å²) < 4.78 is 13.3. The number of hydrogen-bond acceptors (Lipinski definition) is 4. The number of nitrogens with one attached hydrogen (secondary N) is 1. The van der Waals surface area contributed by atoms with Crippen LogP contribution in [0, 0.1) is 15.9 Å². The van der Waals surface area contributed by atoms with Gasteiger partial charge in [-0.3, -0.25) is 19.7 Å². The molecule has 7 nitrogen and oxygen atoms in total. The number of nitro groups is 1. The summed E-state index contributed by atoms with van der Waals surface area (Å²) in [5, 5.41) is 13.1. The van der Waals surface area contributed by atoms with Crippen LogP contribution in [-0.4, -0.2) is 16.7 Å². The van der Waals surface area contributed by atoms with Crippen molar-refractivity contribution < 1.29 is 18.9 Å². The van der Waals surface area contributed by atoms with Crippen LogP contribution in [0.15, 0.2) is 42.5 Å². The van der Waals surface area contributed by atoms with Gasteiger partial charge in [-0.25, -0.2) is 4.39 Å². The summed E-state index contributed by atoms with van der Waals surface area (Å²) in [6, 6.07) is 9.01. The zero-order valence-corrected chi connectivity index (χ0v) is 11.8. The molecule has 0 aliphatic rings. The van der Waals surface area contributed by atoms with Gasteiger partial charge in [-0.15, -0.1) is 0 Å². The lowest BCUT2D eigenvalue weighted by Gasteiger charge is -2.07. The van der Waals surface area contributed by atoms with Crippen molar-refractivity contribution in [1.29, 1.82) is 0 Å². The first kappa shape index (κ1) is 16.1. The average Bonchev–Trinajstić information content (AvgIpc) is 2.49. The highest BCUT2D eigenvalue weighted by Crippen LogP contribution is 2.16. The highest BCUT2D eigenvalue weighted by Gasteiger charge is 2.11. The maximum absolute atomic E-state index is 13.3. The summed E-state index contributed by atoms with van der Waals surface area (Å²) in [6.45, 7) is 0. The molecule has 0 saturated heterocycles. The Bertz CT molecular complexity index is 775. The molecule has 0 bridgehead atoms. The van der Waals surface area contributed by atoms with Crippen molar-refractivity contribution in [2.75, 3.05) is 5.32 Å². The Morgan fingerprint density at radius 1 is 1.17 bits per heavy atom. The molecule has 3 N–H and O–H groups in total. The van der Waals surface area contributed by atoms with Gasteiger partial charge in [-0.2, -0.15) is 0 Å². The van der Waals surface area contributed by atoms with Crippen molar-refractivity contribution in [2.24, 2.45) is 5.73 Å². The van der Waals surface area contributed by atoms with Crippen molar-refractivity contribution in [3.05, 3.63) is 69.5 Å². The SMILES string of the molecule is NC(=O)c1cc(NC(=O)Cc2ccc([N+](=O)[O-])cc2)ccc1F. The van der Waals surface area contributed by atoms with E-state index in [0.29, 0.717) is 5.56 Å². The average molecular weight is 317 g/mol. The molecule has 0 aromatic heterocycles. The second kappa shape index (κ2) is 6.65. The van der Waals surface area contributed by atoms with Crippen molar-refractivity contribution in [3.8, 4) is 0 Å². The van der Waals surface area contributed by atoms with Crippen molar-refractivity contribution in [2.45, 2.75) is 6.42 Å². The topological polar surface area (TPSA) is 115 Å². The van der Waals surface area contributed by atoms with E-state index in [2.05, 4.69) is 5.32 Å². The van der Waals surface area contributed by atoms with Crippen LogP contribution in [0.2, 0.25) is 0 Å². The fraction of sp³-hybridized carbons (Fsp3) is 0.0667. The summed E-state index contributed by atoms with van der Waals surface area (Å²) >= 11 is 0. The highest BCUT2D eigenvalue weighted by molar-refractivity contribution is 5.97. The van der Waals surface area contributed by atoms with Gasteiger partial charge in [-0.05, 0) is 23.8 Å². The summed E-state index contributed by atoms with van der Waals surface area (Å²) in [6.07, 6.45) is -0.0265. The third kappa shape index (κ3) is 4.10. The normalized spacial score (nSPS) is 10.1. The van der Waals surface area contributed by atoms with E-state index in [1.165, 1.54) is 30.3 Å². The van der Waals surface area contributed by atoms with Crippen LogP contribution >= 0.6 is 0 Å². The van der Waals surface area contributed by atoms with Gasteiger partial charge in [0.1, 0.15) is 5.82 Å². The van der Waals surface area contributed by atoms with Crippen molar-refractivity contribution in [3.63, 3.8) is 0 Å². The fourth-order valence-electron chi connectivity index (χ4n) is 1.92. The van der Waals surface area contributed by atoms with Gasteiger partial charge in [0.15, 0.2) is 0 Å². The lowest BCUT2D eigenvalue weighted by atomic mass is 10.1. The number of non-ortho nitro benzene ring substituents is 1. The van der Waals surface area contributed by atoms with Crippen LogP contribution < -0.4 is 11.1 Å². The van der Waals surface area contributed by atoms with Gasteiger partial charge in [0, 0.05) is 17.8 Å². The first-order valence-electron chi connectivity index (χ1n) is 6.49. The molecule has 2 aromatic carbocycles. The molecule has 0 saturated carbocycles. The van der Waals surface area contributed by atoms with Crippen LogP contribution in [0.1, 0.15) is 15.9 Å². The number of anilines is 1. The van der Waals surface area contributed by atoms with E-state index >= 15 is 0 Å². The summed E-state index contributed by atoms with van der Waals surface area (Å²) in [5.74, 6) is -2.12. The number of hydrogen-bond donors (Lipinski definition) is 2. The third-order valence-electron chi connectivity index (χ3n) is 3.03. The summed E-state index contributed by atoms with van der Waals surface area (Å²) in [7, 11) is 0. The van der Waals surface area contributed by atoms with E-state index in [1.807, 2.05) is 0 Å². The monoisotopic (exact) mass is 317 g/mol. The molecule has 8 heteroatoms. The van der Waals surface area contributed by atoms with Crippen LogP contribution in [0.25, 0.3) is 0 Å². The van der Waals surface area contributed by atoms with E-state index in [9.17, 15) is 24.1 Å². The molecule has 0 unspecified atom stereocenters. The van der Waals surface area contributed by atoms with E-state index in [0.717, 1.165) is 12.1 Å². The Balaban J connectivity index is 2.06. The number of amides is 2. The Labute approximate surface area is 130 Å². The standard InChI is InChI=1S/C15H12FN3O4/c16-13-6-3-10(8-12(13)15(17)21)18-14(20)7-9-1-4-11(5-2-9)19(22)23/h1-6,8H,7H2,(H2,17,21)(H,18,20). The Kier molecular flexibility index (Phi) is 4.65. The van der Waals surface area contributed by atoms with Crippen LogP contribution in [0.3, 0.4) is 0 Å². The second-order valence-corrected chi connectivity index (χ2v) is 4.71. The van der Waals surface area contributed by atoms with Gasteiger partial charge in [-0.1, -0.05) is 12.1 Å². The first-order valence-corrected chi connectivity index (χ1v) is 6.49. The van der Waals surface area contributed by atoms with Gasteiger partial charge >= 0.3 is 0 Å². The number of nitro benzene ring substituents is 1. The quantitative estimate of drug-likeness (QED) is 0.648. The van der Waals surface area contributed by atoms with Crippen LogP contribution in [0.5, 0.6) is 0 Å². The number of nitrogens with zero attached hydrogens (tertiary/aromatic N) is 1. The molecule has 0 heterocycles. The lowest BCUT2D eigenvalue weighted by Crippen LogP contribution is -2.17. The molecule has 2 amide bonds. The molecule has 0 fully saturated rings. The van der Waals surface area contributed by atoms with Crippen molar-refractivity contribution >= 4 is 23.2 Å². The number of halogens is 1. The Morgan fingerprint density at radius 2 is 1.83 bits per heavy atom. The molecule has 0 spiro atoms. The van der Waals surface area contributed by atoms with E-state index in [-0.39, 0.29) is 23.4 Å². The molecule has 0 aliphatic heterocycles. The van der Waals surface area contributed by atoms with Gasteiger partial charge in [0.05, 0.1) is 16.9 Å². The minimum absolute atomic E-state index is 0.0265. The van der Waals surface area contributed by atoms with E-state index in [4.69, 9.17) is 5.73 Å². The number of rotatable bonds is 5. The summed E-state index contributed by atoms with van der Waals surface area (Å²) in [4.78, 5) is 33.0. The fourth-order valence-corrected chi connectivity index (χ4v) is 1.92. The zero-order valence-electron chi connectivity index (χ0n) is 11.8. The number of benzene rings is 2. The Hall–Kier alpha value is -3.29. The van der Waals surface area contributed by atoms with Gasteiger partial charge in [0.25, 0.3) is 11.6 Å². The highest BCUT2D eigenvalue weighted by atomic mass is 19.1. The predicted octanol–water partition coefficient (Wildman–Crippen LogP) is 2.01. The minimum atomic E-state index is -0.936. The molecular weight excluding hydrogens is 305 g/mol. The molecular formula is C15H12FN3O4. The number of carbonyl (C=O) groups is 2. The van der Waals surface area contributed by atoms with Crippen LogP contribution in [-0.2, 0) is 11.2 Å². The summed E-state index contributed by atoms with van der Waals surface area (Å²) in [5.41, 5.74) is 5.44. The minimum Gasteiger partial charge on any atom is -0.366 e. The molecule has 118 valence electrons. The second-order valence-electron chi connectivity index (χ2n) is 4.71. The van der Waals surface area contributed by atoms with E-state index < -0.39 is 22.6 Å². The molecule has 0 aliphatic carbocycles. The molecule has 23 heavy (non-hydrogen) atoms. The van der Waals surface area contributed by atoms with Crippen molar-refractivity contribution in [1.82, 2.24) is 0 Å². The number of nitrogens with two attached hydrogens (primary N) is 1.